The maximum atomic E-state index is 11.9. The van der Waals surface area contributed by atoms with Gasteiger partial charge in [0.15, 0.2) is 6.10 Å². The normalized spacial score (nSPS) is 11.7. The Morgan fingerprint density at radius 1 is 1.37 bits per heavy atom. The Morgan fingerprint density at radius 2 is 2.05 bits per heavy atom. The molecular formula is C13H16ClNO4. The van der Waals surface area contributed by atoms with Crippen molar-refractivity contribution >= 4 is 29.2 Å². The van der Waals surface area contributed by atoms with Crippen molar-refractivity contribution in [3.8, 4) is 0 Å². The van der Waals surface area contributed by atoms with Crippen LogP contribution in [0.4, 0.5) is 5.69 Å². The fraction of sp³-hybridized carbons (Fsp3) is 0.385. The number of anilines is 1. The zero-order chi connectivity index (χ0) is 14.4. The molecule has 19 heavy (non-hydrogen) atoms. The Morgan fingerprint density at radius 3 is 2.58 bits per heavy atom. The second-order valence-electron chi connectivity index (χ2n) is 3.79. The fourth-order valence-corrected chi connectivity index (χ4v) is 1.69. The highest BCUT2D eigenvalue weighted by Gasteiger charge is 2.24. The van der Waals surface area contributed by atoms with Gasteiger partial charge in [-0.1, -0.05) is 18.5 Å². The maximum Gasteiger partial charge on any atom is 0.347 e. The van der Waals surface area contributed by atoms with E-state index in [1.807, 2.05) is 0 Å². The molecule has 1 rings (SSSR count). The van der Waals surface area contributed by atoms with Crippen molar-refractivity contribution in [2.75, 3.05) is 12.3 Å². The molecule has 1 aromatic carbocycles. The van der Waals surface area contributed by atoms with Gasteiger partial charge in [0.2, 0.25) is 0 Å². The van der Waals surface area contributed by atoms with Crippen LogP contribution in [0.1, 0.15) is 30.6 Å². The van der Waals surface area contributed by atoms with Gasteiger partial charge in [-0.05, 0) is 31.5 Å². The number of halogens is 1. The number of nitrogen functional groups attached to an aromatic ring is 1. The van der Waals surface area contributed by atoms with Gasteiger partial charge < -0.3 is 15.2 Å². The van der Waals surface area contributed by atoms with Crippen molar-refractivity contribution in [1.29, 1.82) is 0 Å². The third-order valence-corrected chi connectivity index (χ3v) is 2.70. The van der Waals surface area contributed by atoms with E-state index in [0.717, 1.165) is 0 Å². The molecule has 0 saturated heterocycles. The molecule has 0 bridgehead atoms. The predicted octanol–water partition coefficient (Wildman–Crippen LogP) is 2.42. The van der Waals surface area contributed by atoms with E-state index in [2.05, 4.69) is 0 Å². The highest BCUT2D eigenvalue weighted by molar-refractivity contribution is 6.33. The van der Waals surface area contributed by atoms with Gasteiger partial charge in [0, 0.05) is 5.69 Å². The van der Waals surface area contributed by atoms with Crippen LogP contribution in [0.3, 0.4) is 0 Å². The SMILES string of the molecule is CCOC(=O)C(CC)OC(=O)c1ccc(N)cc1Cl. The molecule has 6 heteroatoms. The highest BCUT2D eigenvalue weighted by atomic mass is 35.5. The Balaban J connectivity index is 2.80. The summed E-state index contributed by atoms with van der Waals surface area (Å²) in [5.41, 5.74) is 6.14. The summed E-state index contributed by atoms with van der Waals surface area (Å²) in [6.45, 7) is 3.64. The zero-order valence-corrected chi connectivity index (χ0v) is 11.6. The molecule has 2 N–H and O–H groups in total. The van der Waals surface area contributed by atoms with Crippen LogP contribution in [0, 0.1) is 0 Å². The molecule has 1 aromatic rings. The van der Waals surface area contributed by atoms with Gasteiger partial charge in [-0.2, -0.15) is 0 Å². The first-order valence-corrected chi connectivity index (χ1v) is 6.30. The first kappa shape index (κ1) is 15.3. The highest BCUT2D eigenvalue weighted by Crippen LogP contribution is 2.20. The van der Waals surface area contributed by atoms with Crippen molar-refractivity contribution in [3.05, 3.63) is 28.8 Å². The molecular weight excluding hydrogens is 270 g/mol. The van der Waals surface area contributed by atoms with Crippen LogP contribution in [-0.2, 0) is 14.3 Å². The summed E-state index contributed by atoms with van der Waals surface area (Å²) in [4.78, 5) is 23.4. The second-order valence-corrected chi connectivity index (χ2v) is 4.20. The summed E-state index contributed by atoms with van der Waals surface area (Å²) >= 11 is 5.89. The largest absolute Gasteiger partial charge is 0.463 e. The lowest BCUT2D eigenvalue weighted by molar-refractivity contribution is -0.153. The smallest absolute Gasteiger partial charge is 0.347 e. The van der Waals surface area contributed by atoms with E-state index in [1.54, 1.807) is 13.8 Å². The Bertz CT molecular complexity index is 476. The van der Waals surface area contributed by atoms with E-state index in [1.165, 1.54) is 18.2 Å². The second kappa shape index (κ2) is 6.99. The molecule has 0 fully saturated rings. The van der Waals surface area contributed by atoms with E-state index in [4.69, 9.17) is 26.8 Å². The summed E-state index contributed by atoms with van der Waals surface area (Å²) in [5.74, 6) is -1.24. The summed E-state index contributed by atoms with van der Waals surface area (Å²) < 4.78 is 9.89. The van der Waals surface area contributed by atoms with Crippen LogP contribution >= 0.6 is 11.6 Å². The number of benzene rings is 1. The standard InChI is InChI=1S/C13H16ClNO4/c1-3-11(13(17)18-4-2)19-12(16)9-6-5-8(15)7-10(9)14/h5-7,11H,3-4,15H2,1-2H3. The number of carbonyl (C=O) groups excluding carboxylic acids is 2. The van der Waals surface area contributed by atoms with Crippen LogP contribution in [-0.4, -0.2) is 24.6 Å². The topological polar surface area (TPSA) is 78.6 Å². The number of hydrogen-bond acceptors (Lipinski definition) is 5. The first-order valence-electron chi connectivity index (χ1n) is 5.92. The van der Waals surface area contributed by atoms with E-state index < -0.39 is 18.0 Å². The van der Waals surface area contributed by atoms with Crippen molar-refractivity contribution in [3.63, 3.8) is 0 Å². The van der Waals surface area contributed by atoms with Gasteiger partial charge in [-0.15, -0.1) is 0 Å². The van der Waals surface area contributed by atoms with Crippen molar-refractivity contribution < 1.29 is 19.1 Å². The van der Waals surface area contributed by atoms with E-state index in [-0.39, 0.29) is 17.2 Å². The number of nitrogens with two attached hydrogens (primary N) is 1. The third kappa shape index (κ3) is 4.13. The van der Waals surface area contributed by atoms with E-state index in [0.29, 0.717) is 12.1 Å². The average Bonchev–Trinajstić information content (AvgIpc) is 2.35. The lowest BCUT2D eigenvalue weighted by Crippen LogP contribution is -2.28. The summed E-state index contributed by atoms with van der Waals surface area (Å²) in [6.07, 6.45) is -0.599. The van der Waals surface area contributed by atoms with Gasteiger partial charge in [0.1, 0.15) is 0 Å². The molecule has 0 spiro atoms. The number of carbonyl (C=O) groups is 2. The summed E-state index contributed by atoms with van der Waals surface area (Å²) in [5, 5.41) is 0.184. The average molecular weight is 286 g/mol. The van der Waals surface area contributed by atoms with Crippen LogP contribution in [0.5, 0.6) is 0 Å². The zero-order valence-electron chi connectivity index (χ0n) is 10.8. The summed E-state index contributed by atoms with van der Waals surface area (Å²) in [6, 6.07) is 4.44. The Kier molecular flexibility index (Phi) is 5.63. The van der Waals surface area contributed by atoms with Gasteiger partial charge in [-0.25, -0.2) is 9.59 Å². The van der Waals surface area contributed by atoms with Crippen LogP contribution in [0.15, 0.2) is 18.2 Å². The van der Waals surface area contributed by atoms with Crippen molar-refractivity contribution in [1.82, 2.24) is 0 Å². The van der Waals surface area contributed by atoms with Gasteiger partial charge >= 0.3 is 11.9 Å². The molecule has 0 aromatic heterocycles. The molecule has 0 heterocycles. The van der Waals surface area contributed by atoms with Crippen LogP contribution in [0.2, 0.25) is 5.02 Å². The molecule has 0 aliphatic carbocycles. The van der Waals surface area contributed by atoms with Crippen molar-refractivity contribution in [2.45, 2.75) is 26.4 Å². The van der Waals surface area contributed by atoms with Gasteiger partial charge in [-0.3, -0.25) is 0 Å². The lowest BCUT2D eigenvalue weighted by Gasteiger charge is -2.15. The monoisotopic (exact) mass is 285 g/mol. The molecule has 0 amide bonds. The first-order chi connectivity index (χ1) is 8.99. The molecule has 0 radical (unpaired) electrons. The molecule has 5 nitrogen and oxygen atoms in total. The maximum absolute atomic E-state index is 11.9. The van der Waals surface area contributed by atoms with Crippen LogP contribution in [0.25, 0.3) is 0 Å². The minimum absolute atomic E-state index is 0.165. The van der Waals surface area contributed by atoms with Gasteiger partial charge in [0.25, 0.3) is 0 Å². The van der Waals surface area contributed by atoms with Gasteiger partial charge in [0.05, 0.1) is 17.2 Å². The van der Waals surface area contributed by atoms with Crippen molar-refractivity contribution in [2.24, 2.45) is 0 Å². The quantitative estimate of drug-likeness (QED) is 0.664. The van der Waals surface area contributed by atoms with Crippen LogP contribution < -0.4 is 5.73 Å². The minimum atomic E-state index is -0.930. The molecule has 1 unspecified atom stereocenters. The molecule has 0 aliphatic rings. The Hall–Kier alpha value is -1.75. The number of hydrogen-bond donors (Lipinski definition) is 1. The predicted molar refractivity (Wildman–Crippen MR) is 72.0 cm³/mol. The third-order valence-electron chi connectivity index (χ3n) is 2.38. The number of ether oxygens (including phenoxy) is 2. The molecule has 104 valence electrons. The van der Waals surface area contributed by atoms with E-state index >= 15 is 0 Å². The Labute approximate surface area is 116 Å². The molecule has 0 aliphatic heterocycles. The molecule has 1 atom stereocenters. The fourth-order valence-electron chi connectivity index (χ4n) is 1.42. The van der Waals surface area contributed by atoms with E-state index in [9.17, 15) is 9.59 Å². The lowest BCUT2D eigenvalue weighted by atomic mass is 10.2. The number of esters is 2. The minimum Gasteiger partial charge on any atom is -0.463 e. The molecule has 0 saturated carbocycles. The number of rotatable bonds is 5. The summed E-state index contributed by atoms with van der Waals surface area (Å²) in [7, 11) is 0.